The molecule has 1 fully saturated rings. The van der Waals surface area contributed by atoms with Gasteiger partial charge in [-0.3, -0.25) is 0 Å². The second kappa shape index (κ2) is 5.51. The predicted molar refractivity (Wildman–Crippen MR) is 87.8 cm³/mol. The number of thioether (sulfide) groups is 1. The van der Waals surface area contributed by atoms with E-state index >= 15 is 0 Å². The number of aromatic nitrogens is 1. The molecule has 5 heteroatoms. The van der Waals surface area contributed by atoms with E-state index < -0.39 is 0 Å². The van der Waals surface area contributed by atoms with Crippen LogP contribution in [0.25, 0.3) is 10.2 Å². The van der Waals surface area contributed by atoms with Crippen molar-refractivity contribution in [2.75, 3.05) is 18.1 Å². The quantitative estimate of drug-likeness (QED) is 0.856. The second-order valence-corrected chi connectivity index (χ2v) is 7.82. The molecule has 0 spiro atoms. The number of hydrogen-bond donors (Lipinski definition) is 1. The van der Waals surface area contributed by atoms with Crippen LogP contribution in [0.1, 0.15) is 25.7 Å². The topological polar surface area (TPSA) is 24.9 Å². The van der Waals surface area contributed by atoms with E-state index in [1.807, 2.05) is 30.0 Å². The summed E-state index contributed by atoms with van der Waals surface area (Å²) in [5, 5.41) is 5.29. The standard InChI is InChI=1S/C14H17ClN2S2/c1-18-14(6-2-3-7-14)9-16-13-17-11-8-10(15)4-5-12(11)19-13/h4-5,8H,2-3,6-7,9H2,1H3,(H,16,17). The van der Waals surface area contributed by atoms with Gasteiger partial charge in [0.1, 0.15) is 0 Å². The van der Waals surface area contributed by atoms with Crippen LogP contribution in [0.4, 0.5) is 5.13 Å². The lowest BCUT2D eigenvalue weighted by Crippen LogP contribution is -2.29. The summed E-state index contributed by atoms with van der Waals surface area (Å²) in [6.45, 7) is 1.02. The molecule has 0 bridgehead atoms. The van der Waals surface area contributed by atoms with Crippen molar-refractivity contribution in [3.8, 4) is 0 Å². The van der Waals surface area contributed by atoms with Crippen LogP contribution in [-0.4, -0.2) is 22.5 Å². The number of hydrogen-bond acceptors (Lipinski definition) is 4. The number of rotatable bonds is 4. The van der Waals surface area contributed by atoms with Crippen molar-refractivity contribution in [3.63, 3.8) is 0 Å². The Bertz CT molecular complexity index is 576. The molecule has 3 rings (SSSR count). The SMILES string of the molecule is CSC1(CNc2nc3cc(Cl)ccc3s2)CCCC1. The fraction of sp³-hybridized carbons (Fsp3) is 0.500. The van der Waals surface area contributed by atoms with Crippen LogP contribution in [0, 0.1) is 0 Å². The fourth-order valence-corrected chi connectivity index (χ4v) is 4.61. The number of halogens is 1. The summed E-state index contributed by atoms with van der Waals surface area (Å²) in [5.41, 5.74) is 0.990. The van der Waals surface area contributed by atoms with Gasteiger partial charge in [-0.05, 0) is 37.3 Å². The molecule has 19 heavy (non-hydrogen) atoms. The van der Waals surface area contributed by atoms with E-state index in [4.69, 9.17) is 11.6 Å². The Balaban J connectivity index is 1.74. The third kappa shape index (κ3) is 2.86. The number of benzene rings is 1. The highest BCUT2D eigenvalue weighted by Gasteiger charge is 2.32. The first-order chi connectivity index (χ1) is 9.21. The Labute approximate surface area is 126 Å². The van der Waals surface area contributed by atoms with Gasteiger partial charge in [0.25, 0.3) is 0 Å². The van der Waals surface area contributed by atoms with Gasteiger partial charge in [0.2, 0.25) is 0 Å². The van der Waals surface area contributed by atoms with Crippen LogP contribution in [0.2, 0.25) is 5.02 Å². The lowest BCUT2D eigenvalue weighted by Gasteiger charge is -2.26. The van der Waals surface area contributed by atoms with Gasteiger partial charge in [-0.15, -0.1) is 0 Å². The Kier molecular flexibility index (Phi) is 3.92. The monoisotopic (exact) mass is 312 g/mol. The number of nitrogens with zero attached hydrogens (tertiary/aromatic N) is 1. The molecule has 1 aromatic heterocycles. The highest BCUT2D eigenvalue weighted by molar-refractivity contribution is 8.00. The predicted octanol–water partition coefficient (Wildman–Crippen LogP) is 5.04. The molecule has 0 atom stereocenters. The van der Waals surface area contributed by atoms with Crippen molar-refractivity contribution in [3.05, 3.63) is 23.2 Å². The Hall–Kier alpha value is -0.450. The first-order valence-electron chi connectivity index (χ1n) is 6.56. The van der Waals surface area contributed by atoms with E-state index in [2.05, 4.69) is 16.6 Å². The number of nitrogens with one attached hydrogen (secondary N) is 1. The van der Waals surface area contributed by atoms with Crippen LogP contribution in [-0.2, 0) is 0 Å². The zero-order chi connectivity index (χ0) is 13.3. The largest absolute Gasteiger partial charge is 0.360 e. The molecule has 1 aromatic carbocycles. The molecule has 2 aromatic rings. The van der Waals surface area contributed by atoms with Gasteiger partial charge in [-0.2, -0.15) is 11.8 Å². The summed E-state index contributed by atoms with van der Waals surface area (Å²) in [6.07, 6.45) is 7.58. The summed E-state index contributed by atoms with van der Waals surface area (Å²) in [5.74, 6) is 0. The maximum absolute atomic E-state index is 5.99. The number of fused-ring (bicyclic) bond motifs is 1. The van der Waals surface area contributed by atoms with Crippen molar-refractivity contribution in [2.24, 2.45) is 0 Å². The molecule has 0 amide bonds. The summed E-state index contributed by atoms with van der Waals surface area (Å²) < 4.78 is 1.60. The van der Waals surface area contributed by atoms with Gasteiger partial charge in [0.05, 0.1) is 10.2 Å². The minimum absolute atomic E-state index is 0.412. The zero-order valence-corrected chi connectivity index (χ0v) is 13.3. The minimum atomic E-state index is 0.412. The highest BCUT2D eigenvalue weighted by Crippen LogP contribution is 2.40. The molecule has 0 aliphatic heterocycles. The third-order valence-electron chi connectivity index (χ3n) is 3.86. The van der Waals surface area contributed by atoms with Crippen molar-refractivity contribution >= 4 is 50.0 Å². The average Bonchev–Trinajstić information content (AvgIpc) is 3.02. The average molecular weight is 313 g/mol. The smallest absolute Gasteiger partial charge is 0.183 e. The Morgan fingerprint density at radius 1 is 1.42 bits per heavy atom. The van der Waals surface area contributed by atoms with Gasteiger partial charge in [-0.1, -0.05) is 35.8 Å². The minimum Gasteiger partial charge on any atom is -0.360 e. The van der Waals surface area contributed by atoms with Crippen LogP contribution in [0.5, 0.6) is 0 Å². The first-order valence-corrected chi connectivity index (χ1v) is 8.98. The molecule has 1 N–H and O–H groups in total. The normalized spacial score (nSPS) is 18.0. The first kappa shape index (κ1) is 13.5. The van der Waals surface area contributed by atoms with Crippen molar-refractivity contribution in [2.45, 2.75) is 30.4 Å². The summed E-state index contributed by atoms with van der Waals surface area (Å²) in [6, 6.07) is 5.89. The Morgan fingerprint density at radius 2 is 2.21 bits per heavy atom. The lowest BCUT2D eigenvalue weighted by molar-refractivity contribution is 0.640. The molecule has 0 radical (unpaired) electrons. The van der Waals surface area contributed by atoms with E-state index in [9.17, 15) is 0 Å². The van der Waals surface area contributed by atoms with Crippen molar-refractivity contribution < 1.29 is 0 Å². The summed E-state index contributed by atoms with van der Waals surface area (Å²) in [4.78, 5) is 4.61. The number of thiazole rings is 1. The molecule has 2 nitrogen and oxygen atoms in total. The molecular formula is C14H17ClN2S2. The van der Waals surface area contributed by atoms with Gasteiger partial charge in [0.15, 0.2) is 5.13 Å². The Morgan fingerprint density at radius 3 is 2.95 bits per heavy atom. The van der Waals surface area contributed by atoms with Gasteiger partial charge < -0.3 is 5.32 Å². The zero-order valence-electron chi connectivity index (χ0n) is 10.9. The molecule has 1 saturated carbocycles. The van der Waals surface area contributed by atoms with E-state index in [1.54, 1.807) is 11.3 Å². The molecule has 1 heterocycles. The van der Waals surface area contributed by atoms with Gasteiger partial charge in [0, 0.05) is 16.3 Å². The second-order valence-electron chi connectivity index (χ2n) is 5.08. The fourth-order valence-electron chi connectivity index (χ4n) is 2.69. The molecule has 1 aliphatic carbocycles. The summed E-state index contributed by atoms with van der Waals surface area (Å²) in [7, 11) is 0. The molecule has 102 valence electrons. The van der Waals surface area contributed by atoms with Crippen LogP contribution in [0.15, 0.2) is 18.2 Å². The molecule has 0 saturated heterocycles. The maximum atomic E-state index is 5.99. The van der Waals surface area contributed by atoms with E-state index in [0.717, 1.165) is 22.2 Å². The maximum Gasteiger partial charge on any atom is 0.183 e. The van der Waals surface area contributed by atoms with Gasteiger partial charge in [-0.25, -0.2) is 4.98 Å². The molecule has 0 unspecified atom stereocenters. The van der Waals surface area contributed by atoms with Crippen LogP contribution in [0.3, 0.4) is 0 Å². The molecular weight excluding hydrogens is 296 g/mol. The van der Waals surface area contributed by atoms with E-state index in [-0.39, 0.29) is 0 Å². The van der Waals surface area contributed by atoms with Crippen LogP contribution < -0.4 is 5.32 Å². The molecule has 1 aliphatic rings. The lowest BCUT2D eigenvalue weighted by atomic mass is 10.1. The van der Waals surface area contributed by atoms with Crippen molar-refractivity contribution in [1.29, 1.82) is 0 Å². The summed E-state index contributed by atoms with van der Waals surface area (Å²) >= 11 is 9.70. The van der Waals surface area contributed by atoms with E-state index in [0.29, 0.717) is 4.75 Å². The highest BCUT2D eigenvalue weighted by atomic mass is 35.5. The van der Waals surface area contributed by atoms with E-state index in [1.165, 1.54) is 30.4 Å². The van der Waals surface area contributed by atoms with Gasteiger partial charge >= 0.3 is 0 Å². The third-order valence-corrected chi connectivity index (χ3v) is 6.51. The van der Waals surface area contributed by atoms with Crippen molar-refractivity contribution in [1.82, 2.24) is 4.98 Å². The number of anilines is 1. The van der Waals surface area contributed by atoms with Crippen LogP contribution >= 0.6 is 34.7 Å².